The predicted molar refractivity (Wildman–Crippen MR) is 43.1 cm³/mol. The summed E-state index contributed by atoms with van der Waals surface area (Å²) >= 11 is 0. The smallest absolute Gasteiger partial charge is 0.176 e. The zero-order valence-corrected chi connectivity index (χ0v) is 6.60. The van der Waals surface area contributed by atoms with Crippen molar-refractivity contribution in [2.45, 2.75) is 13.1 Å². The fourth-order valence-corrected chi connectivity index (χ4v) is 0.734. The molecule has 1 heterocycles. The van der Waals surface area contributed by atoms with Crippen molar-refractivity contribution in [3.05, 3.63) is 24.5 Å². The second-order valence-electron chi connectivity index (χ2n) is 2.28. The van der Waals surface area contributed by atoms with E-state index in [0.29, 0.717) is 12.2 Å². The van der Waals surface area contributed by atoms with Crippen molar-refractivity contribution < 1.29 is 4.79 Å². The predicted octanol–water partition coefficient (Wildman–Crippen LogP) is -0.508. The first kappa shape index (κ1) is 8.61. The molecule has 0 aliphatic rings. The van der Waals surface area contributed by atoms with Crippen LogP contribution in [0.2, 0.25) is 0 Å². The maximum atomic E-state index is 10.8. The van der Waals surface area contributed by atoms with Gasteiger partial charge in [0, 0.05) is 6.54 Å². The summed E-state index contributed by atoms with van der Waals surface area (Å²) in [6.07, 6.45) is 2.89. The highest BCUT2D eigenvalue weighted by Gasteiger charge is 2.00. The highest BCUT2D eigenvalue weighted by Crippen LogP contribution is 1.91. The SMILES string of the molecule is C=CC(=O)Cn1cc(CN)nn1. The van der Waals surface area contributed by atoms with E-state index >= 15 is 0 Å². The molecule has 0 amide bonds. The van der Waals surface area contributed by atoms with Crippen molar-refractivity contribution in [1.82, 2.24) is 15.0 Å². The maximum Gasteiger partial charge on any atom is 0.176 e. The molecule has 0 atom stereocenters. The van der Waals surface area contributed by atoms with Gasteiger partial charge in [-0.1, -0.05) is 11.8 Å². The Hall–Kier alpha value is -1.49. The van der Waals surface area contributed by atoms with Crippen molar-refractivity contribution >= 4 is 5.78 Å². The van der Waals surface area contributed by atoms with Crippen LogP contribution in [0.5, 0.6) is 0 Å². The number of ketones is 1. The van der Waals surface area contributed by atoms with Crippen molar-refractivity contribution in [2.75, 3.05) is 0 Å². The molecule has 0 radical (unpaired) electrons. The quantitative estimate of drug-likeness (QED) is 0.611. The van der Waals surface area contributed by atoms with Crippen molar-refractivity contribution in [3.63, 3.8) is 0 Å². The molecule has 0 fully saturated rings. The van der Waals surface area contributed by atoms with Crippen LogP contribution < -0.4 is 5.73 Å². The molecule has 1 aromatic heterocycles. The van der Waals surface area contributed by atoms with Crippen molar-refractivity contribution in [1.29, 1.82) is 0 Å². The number of rotatable bonds is 4. The summed E-state index contributed by atoms with van der Waals surface area (Å²) in [4.78, 5) is 10.8. The van der Waals surface area contributed by atoms with Gasteiger partial charge in [0.1, 0.15) is 6.54 Å². The second kappa shape index (κ2) is 3.77. The molecule has 2 N–H and O–H groups in total. The van der Waals surface area contributed by atoms with E-state index in [2.05, 4.69) is 16.9 Å². The lowest BCUT2D eigenvalue weighted by molar-refractivity contribution is -0.115. The standard InChI is InChI=1S/C7H10N4O/c1-2-7(12)5-11-4-6(3-8)9-10-11/h2,4H,1,3,5,8H2. The first-order valence-corrected chi connectivity index (χ1v) is 3.50. The van der Waals surface area contributed by atoms with Gasteiger partial charge in [-0.05, 0) is 6.08 Å². The normalized spacial score (nSPS) is 9.75. The second-order valence-corrected chi connectivity index (χ2v) is 2.28. The van der Waals surface area contributed by atoms with Crippen LogP contribution in [0.25, 0.3) is 0 Å². The first-order chi connectivity index (χ1) is 5.76. The van der Waals surface area contributed by atoms with E-state index in [1.807, 2.05) is 0 Å². The van der Waals surface area contributed by atoms with Crippen LogP contribution in [0, 0.1) is 0 Å². The molecule has 0 bridgehead atoms. The van der Waals surface area contributed by atoms with E-state index in [1.54, 1.807) is 6.20 Å². The summed E-state index contributed by atoms with van der Waals surface area (Å²) in [5, 5.41) is 7.42. The molecular weight excluding hydrogens is 156 g/mol. The maximum absolute atomic E-state index is 10.8. The first-order valence-electron chi connectivity index (χ1n) is 3.50. The Morgan fingerprint density at radius 1 is 1.83 bits per heavy atom. The fraction of sp³-hybridized carbons (Fsp3) is 0.286. The highest BCUT2D eigenvalue weighted by molar-refractivity contribution is 5.88. The minimum atomic E-state index is -0.0940. The largest absolute Gasteiger partial charge is 0.325 e. The lowest BCUT2D eigenvalue weighted by Crippen LogP contribution is -2.07. The monoisotopic (exact) mass is 166 g/mol. The number of hydrogen-bond acceptors (Lipinski definition) is 4. The zero-order chi connectivity index (χ0) is 8.97. The zero-order valence-electron chi connectivity index (χ0n) is 6.60. The summed E-state index contributed by atoms with van der Waals surface area (Å²) in [7, 11) is 0. The molecule has 5 heteroatoms. The number of nitrogens with two attached hydrogens (primary N) is 1. The number of hydrogen-bond donors (Lipinski definition) is 1. The summed E-state index contributed by atoms with van der Waals surface area (Å²) in [6.45, 7) is 3.86. The van der Waals surface area contributed by atoms with Gasteiger partial charge in [0.25, 0.3) is 0 Å². The number of carbonyl (C=O) groups excluding carboxylic acids is 1. The molecule has 0 spiro atoms. The molecule has 0 aromatic carbocycles. The number of aromatic nitrogens is 3. The summed E-state index contributed by atoms with van der Waals surface area (Å²) < 4.78 is 1.44. The van der Waals surface area contributed by atoms with Crippen LogP contribution >= 0.6 is 0 Å². The molecule has 5 nitrogen and oxygen atoms in total. The minimum Gasteiger partial charge on any atom is -0.325 e. The third-order valence-corrected chi connectivity index (χ3v) is 1.34. The summed E-state index contributed by atoms with van der Waals surface area (Å²) in [5.74, 6) is -0.0940. The topological polar surface area (TPSA) is 73.8 Å². The Bertz CT molecular complexity index is 291. The molecule has 1 rings (SSSR count). The molecular formula is C7H10N4O. The number of carbonyl (C=O) groups is 1. The van der Waals surface area contributed by atoms with Crippen molar-refractivity contribution in [2.24, 2.45) is 5.73 Å². The van der Waals surface area contributed by atoms with Gasteiger partial charge < -0.3 is 5.73 Å². The Morgan fingerprint density at radius 2 is 2.58 bits per heavy atom. The Kier molecular flexibility index (Phi) is 2.71. The van der Waals surface area contributed by atoms with Gasteiger partial charge in [0.2, 0.25) is 0 Å². The Labute approximate surface area is 69.9 Å². The fourth-order valence-electron chi connectivity index (χ4n) is 0.734. The van der Waals surface area contributed by atoms with Crippen LogP contribution in [0.1, 0.15) is 5.69 Å². The highest BCUT2D eigenvalue weighted by atomic mass is 16.1. The molecule has 12 heavy (non-hydrogen) atoms. The van der Waals surface area contributed by atoms with Gasteiger partial charge in [0.05, 0.1) is 11.9 Å². The Morgan fingerprint density at radius 3 is 3.08 bits per heavy atom. The van der Waals surface area contributed by atoms with Crippen molar-refractivity contribution in [3.8, 4) is 0 Å². The van der Waals surface area contributed by atoms with Crippen LogP contribution in [0.4, 0.5) is 0 Å². The molecule has 0 saturated heterocycles. The molecule has 0 aliphatic carbocycles. The van der Waals surface area contributed by atoms with Gasteiger partial charge in [-0.2, -0.15) is 0 Å². The van der Waals surface area contributed by atoms with Crippen LogP contribution in [-0.4, -0.2) is 20.8 Å². The molecule has 0 aliphatic heterocycles. The van der Waals surface area contributed by atoms with E-state index in [9.17, 15) is 4.79 Å². The van der Waals surface area contributed by atoms with E-state index in [-0.39, 0.29) is 12.3 Å². The third kappa shape index (κ3) is 2.00. The molecule has 64 valence electrons. The molecule has 0 saturated carbocycles. The van der Waals surface area contributed by atoms with E-state index < -0.39 is 0 Å². The minimum absolute atomic E-state index is 0.0940. The lowest BCUT2D eigenvalue weighted by Gasteiger charge is -1.92. The average Bonchev–Trinajstić information content (AvgIpc) is 2.52. The van der Waals surface area contributed by atoms with Gasteiger partial charge in [-0.25, -0.2) is 4.68 Å². The summed E-state index contributed by atoms with van der Waals surface area (Å²) in [5.41, 5.74) is 5.98. The molecule has 0 unspecified atom stereocenters. The van der Waals surface area contributed by atoms with Crippen LogP contribution in [0.15, 0.2) is 18.9 Å². The summed E-state index contributed by atoms with van der Waals surface area (Å²) in [6, 6.07) is 0. The Balaban J connectivity index is 2.63. The molecule has 1 aromatic rings. The van der Waals surface area contributed by atoms with Gasteiger partial charge in [-0.3, -0.25) is 4.79 Å². The van der Waals surface area contributed by atoms with E-state index in [1.165, 1.54) is 10.8 Å². The average molecular weight is 166 g/mol. The van der Waals surface area contributed by atoms with Crippen LogP contribution in [0.3, 0.4) is 0 Å². The van der Waals surface area contributed by atoms with Gasteiger partial charge in [-0.15, -0.1) is 5.10 Å². The number of allylic oxidation sites excluding steroid dienone is 1. The lowest BCUT2D eigenvalue weighted by atomic mass is 10.4. The van der Waals surface area contributed by atoms with Gasteiger partial charge >= 0.3 is 0 Å². The third-order valence-electron chi connectivity index (χ3n) is 1.34. The van der Waals surface area contributed by atoms with E-state index in [0.717, 1.165) is 0 Å². The van der Waals surface area contributed by atoms with Crippen LogP contribution in [-0.2, 0) is 17.9 Å². The van der Waals surface area contributed by atoms with Gasteiger partial charge in [0.15, 0.2) is 5.78 Å². The van der Waals surface area contributed by atoms with E-state index in [4.69, 9.17) is 5.73 Å². The number of nitrogens with zero attached hydrogens (tertiary/aromatic N) is 3.